The molecule has 1 heterocycles. The lowest BCUT2D eigenvalue weighted by Gasteiger charge is -2.08. The Balaban J connectivity index is 2.10. The Morgan fingerprint density at radius 2 is 2.05 bits per heavy atom. The van der Waals surface area contributed by atoms with E-state index >= 15 is 0 Å². The average molecular weight is 294 g/mol. The molecule has 0 atom stereocenters. The molecular formula is C13H12ClN3O3. The van der Waals surface area contributed by atoms with Gasteiger partial charge in [-0.25, -0.2) is 0 Å². The Morgan fingerprint density at radius 1 is 1.25 bits per heavy atom. The smallest absolute Gasteiger partial charge is 0.291 e. The second kappa shape index (κ2) is 6.23. The molecule has 0 unspecified atom stereocenters. The van der Waals surface area contributed by atoms with Gasteiger partial charge in [-0.15, -0.1) is 0 Å². The molecule has 20 heavy (non-hydrogen) atoms. The Morgan fingerprint density at radius 3 is 2.65 bits per heavy atom. The van der Waals surface area contributed by atoms with Gasteiger partial charge in [0.05, 0.1) is 23.5 Å². The predicted molar refractivity (Wildman–Crippen MR) is 75.8 cm³/mol. The van der Waals surface area contributed by atoms with Gasteiger partial charge in [0.15, 0.2) is 5.76 Å². The number of carbonyl (C=O) groups excluding carboxylic acids is 2. The molecule has 7 heteroatoms. The molecule has 6 nitrogen and oxygen atoms in total. The summed E-state index contributed by atoms with van der Waals surface area (Å²) in [5.74, 6) is -0.550. The molecule has 0 aliphatic carbocycles. The molecule has 2 aromatic rings. The molecule has 0 saturated carbocycles. The van der Waals surface area contributed by atoms with E-state index in [4.69, 9.17) is 21.8 Å². The maximum absolute atomic E-state index is 11.8. The molecule has 104 valence electrons. The SMILES string of the molecule is NCC(=O)Nc1ccc(NC(=O)c2ccco2)c(Cl)c1. The molecule has 0 aliphatic heterocycles. The summed E-state index contributed by atoms with van der Waals surface area (Å²) >= 11 is 6.03. The van der Waals surface area contributed by atoms with Crippen molar-refractivity contribution in [1.29, 1.82) is 0 Å². The molecule has 0 radical (unpaired) electrons. The molecule has 0 spiro atoms. The fourth-order valence-electron chi connectivity index (χ4n) is 1.50. The number of benzene rings is 1. The van der Waals surface area contributed by atoms with Crippen molar-refractivity contribution >= 4 is 34.8 Å². The quantitative estimate of drug-likeness (QED) is 0.804. The van der Waals surface area contributed by atoms with Crippen molar-refractivity contribution in [2.75, 3.05) is 17.2 Å². The number of anilines is 2. The Bertz CT molecular complexity index is 626. The molecule has 0 fully saturated rings. The minimum atomic E-state index is -0.407. The van der Waals surface area contributed by atoms with Gasteiger partial charge in [-0.3, -0.25) is 9.59 Å². The van der Waals surface area contributed by atoms with Gasteiger partial charge in [-0.1, -0.05) is 11.6 Å². The van der Waals surface area contributed by atoms with Gasteiger partial charge in [-0.2, -0.15) is 0 Å². The highest BCUT2D eigenvalue weighted by atomic mass is 35.5. The Kier molecular flexibility index (Phi) is 4.39. The van der Waals surface area contributed by atoms with E-state index in [9.17, 15) is 9.59 Å². The summed E-state index contributed by atoms with van der Waals surface area (Å²) in [7, 11) is 0. The number of rotatable bonds is 4. The van der Waals surface area contributed by atoms with Gasteiger partial charge in [0.1, 0.15) is 0 Å². The highest BCUT2D eigenvalue weighted by Gasteiger charge is 2.11. The highest BCUT2D eigenvalue weighted by molar-refractivity contribution is 6.34. The first-order valence-electron chi connectivity index (χ1n) is 5.74. The minimum Gasteiger partial charge on any atom is -0.459 e. The molecule has 2 rings (SSSR count). The van der Waals surface area contributed by atoms with Crippen LogP contribution in [0.2, 0.25) is 5.02 Å². The van der Waals surface area contributed by atoms with Crippen LogP contribution in [0.3, 0.4) is 0 Å². The fraction of sp³-hybridized carbons (Fsp3) is 0.0769. The van der Waals surface area contributed by atoms with Gasteiger partial charge in [0.2, 0.25) is 5.91 Å². The zero-order valence-electron chi connectivity index (χ0n) is 10.4. The van der Waals surface area contributed by atoms with Crippen LogP contribution in [0.25, 0.3) is 0 Å². The molecule has 0 aliphatic rings. The van der Waals surface area contributed by atoms with Crippen LogP contribution in [-0.4, -0.2) is 18.4 Å². The third-order valence-corrected chi connectivity index (χ3v) is 2.74. The molecular weight excluding hydrogens is 282 g/mol. The van der Waals surface area contributed by atoms with E-state index in [1.165, 1.54) is 12.3 Å². The molecule has 1 aromatic carbocycles. The summed E-state index contributed by atoms with van der Waals surface area (Å²) < 4.78 is 4.97. The second-order valence-electron chi connectivity index (χ2n) is 3.88. The fourth-order valence-corrected chi connectivity index (χ4v) is 1.73. The highest BCUT2D eigenvalue weighted by Crippen LogP contribution is 2.26. The summed E-state index contributed by atoms with van der Waals surface area (Å²) in [6.07, 6.45) is 1.40. The van der Waals surface area contributed by atoms with Gasteiger partial charge >= 0.3 is 0 Å². The molecule has 0 saturated heterocycles. The summed E-state index contributed by atoms with van der Waals surface area (Å²) in [6.45, 7) is -0.116. The van der Waals surface area contributed by atoms with Crippen LogP contribution in [0, 0.1) is 0 Å². The van der Waals surface area contributed by atoms with Crippen molar-refractivity contribution in [3.05, 3.63) is 47.4 Å². The topological polar surface area (TPSA) is 97.4 Å². The van der Waals surface area contributed by atoms with Crippen LogP contribution < -0.4 is 16.4 Å². The lowest BCUT2D eigenvalue weighted by atomic mass is 10.2. The number of furan rings is 1. The monoisotopic (exact) mass is 293 g/mol. The molecule has 1 aromatic heterocycles. The maximum atomic E-state index is 11.8. The lowest BCUT2D eigenvalue weighted by molar-refractivity contribution is -0.114. The van der Waals surface area contributed by atoms with E-state index in [-0.39, 0.29) is 18.2 Å². The van der Waals surface area contributed by atoms with Crippen molar-refractivity contribution in [3.8, 4) is 0 Å². The maximum Gasteiger partial charge on any atom is 0.291 e. The van der Waals surface area contributed by atoms with Crippen LogP contribution in [0.1, 0.15) is 10.6 Å². The van der Waals surface area contributed by atoms with E-state index in [0.717, 1.165) is 0 Å². The molecule has 0 bridgehead atoms. The van der Waals surface area contributed by atoms with Crippen molar-refractivity contribution in [2.45, 2.75) is 0 Å². The van der Waals surface area contributed by atoms with Crippen LogP contribution in [0.4, 0.5) is 11.4 Å². The standard InChI is InChI=1S/C13H12ClN3O3/c14-9-6-8(16-12(18)7-15)3-4-10(9)17-13(19)11-2-1-5-20-11/h1-6H,7,15H2,(H,16,18)(H,17,19). The van der Waals surface area contributed by atoms with Crippen molar-refractivity contribution in [2.24, 2.45) is 5.73 Å². The zero-order valence-corrected chi connectivity index (χ0v) is 11.1. The number of nitrogens with one attached hydrogen (secondary N) is 2. The number of halogens is 1. The Labute approximate surface area is 119 Å². The van der Waals surface area contributed by atoms with Crippen molar-refractivity contribution in [3.63, 3.8) is 0 Å². The van der Waals surface area contributed by atoms with Crippen molar-refractivity contribution < 1.29 is 14.0 Å². The first kappa shape index (κ1) is 14.1. The van der Waals surface area contributed by atoms with E-state index in [1.54, 1.807) is 24.3 Å². The average Bonchev–Trinajstić information content (AvgIpc) is 2.95. The van der Waals surface area contributed by atoms with Gasteiger partial charge < -0.3 is 20.8 Å². The number of hydrogen-bond donors (Lipinski definition) is 3. The first-order valence-corrected chi connectivity index (χ1v) is 6.12. The summed E-state index contributed by atoms with van der Waals surface area (Å²) in [5, 5.41) is 5.46. The molecule has 2 amide bonds. The van der Waals surface area contributed by atoms with E-state index in [1.807, 2.05) is 0 Å². The van der Waals surface area contributed by atoms with Crippen LogP contribution in [0.15, 0.2) is 41.0 Å². The van der Waals surface area contributed by atoms with Crippen LogP contribution in [-0.2, 0) is 4.79 Å². The largest absolute Gasteiger partial charge is 0.459 e. The third-order valence-electron chi connectivity index (χ3n) is 2.43. The van der Waals surface area contributed by atoms with Gasteiger partial charge in [0, 0.05) is 5.69 Å². The first-order chi connectivity index (χ1) is 9.60. The van der Waals surface area contributed by atoms with Gasteiger partial charge in [-0.05, 0) is 30.3 Å². The van der Waals surface area contributed by atoms with E-state index < -0.39 is 5.91 Å². The second-order valence-corrected chi connectivity index (χ2v) is 4.29. The lowest BCUT2D eigenvalue weighted by Crippen LogP contribution is -2.21. The zero-order chi connectivity index (χ0) is 14.5. The van der Waals surface area contributed by atoms with Crippen LogP contribution in [0.5, 0.6) is 0 Å². The summed E-state index contributed by atoms with van der Waals surface area (Å²) in [5.41, 5.74) is 6.11. The van der Waals surface area contributed by atoms with Crippen molar-refractivity contribution in [1.82, 2.24) is 0 Å². The Hall–Kier alpha value is -2.31. The van der Waals surface area contributed by atoms with Gasteiger partial charge in [0.25, 0.3) is 5.91 Å². The van der Waals surface area contributed by atoms with E-state index in [0.29, 0.717) is 16.4 Å². The van der Waals surface area contributed by atoms with E-state index in [2.05, 4.69) is 10.6 Å². The molecule has 4 N–H and O–H groups in total. The van der Waals surface area contributed by atoms with Crippen LogP contribution >= 0.6 is 11.6 Å². The summed E-state index contributed by atoms with van der Waals surface area (Å²) in [6, 6.07) is 7.86. The minimum absolute atomic E-state index is 0.116. The normalized spacial score (nSPS) is 10.1. The number of carbonyl (C=O) groups is 2. The number of nitrogens with two attached hydrogens (primary N) is 1. The summed E-state index contributed by atoms with van der Waals surface area (Å²) in [4.78, 5) is 22.9. The predicted octanol–water partition coefficient (Wildman–Crippen LogP) is 2.08. The number of hydrogen-bond acceptors (Lipinski definition) is 4. The number of amides is 2. The third kappa shape index (κ3) is 3.37.